The minimum atomic E-state index is 0.309. The third-order valence-electron chi connectivity index (χ3n) is 1.57. The Labute approximate surface area is 79.4 Å². The first-order chi connectivity index (χ1) is 5.85. The van der Waals surface area contributed by atoms with Crippen LogP contribution in [0.1, 0.15) is 19.8 Å². The molecular weight excluding hydrogens is 172 g/mol. The van der Waals surface area contributed by atoms with Crippen molar-refractivity contribution in [3.8, 4) is 0 Å². The summed E-state index contributed by atoms with van der Waals surface area (Å²) in [5.41, 5.74) is 2.76. The van der Waals surface area contributed by atoms with Gasteiger partial charge in [0.15, 0.2) is 0 Å². The highest BCUT2D eigenvalue weighted by atomic mass is 32.2. The molecule has 0 bridgehead atoms. The molecular formula is C8H20N2OS. The van der Waals surface area contributed by atoms with Crippen LogP contribution in [-0.4, -0.2) is 31.3 Å². The minimum absolute atomic E-state index is 0.309. The van der Waals surface area contributed by atoms with Gasteiger partial charge in [-0.2, -0.15) is 11.8 Å². The molecule has 0 heterocycles. The molecule has 0 aromatic carbocycles. The van der Waals surface area contributed by atoms with E-state index in [0.29, 0.717) is 6.04 Å². The van der Waals surface area contributed by atoms with Gasteiger partial charge in [-0.1, -0.05) is 6.92 Å². The molecule has 0 fully saturated rings. The van der Waals surface area contributed by atoms with E-state index in [0.717, 1.165) is 31.8 Å². The number of hydrogen-bond acceptors (Lipinski definition) is 4. The maximum absolute atomic E-state index is 5.38. The van der Waals surface area contributed by atoms with Crippen LogP contribution in [-0.2, 0) is 4.74 Å². The number of nitrogens with two attached hydrogens (primary N) is 1. The van der Waals surface area contributed by atoms with Crippen molar-refractivity contribution in [1.82, 2.24) is 5.43 Å². The van der Waals surface area contributed by atoms with Gasteiger partial charge in [0.25, 0.3) is 0 Å². The Morgan fingerprint density at radius 3 is 2.83 bits per heavy atom. The highest BCUT2D eigenvalue weighted by Gasteiger charge is 2.04. The third-order valence-corrected chi connectivity index (χ3v) is 2.22. The molecule has 0 aromatic heterocycles. The van der Waals surface area contributed by atoms with Gasteiger partial charge in [-0.05, 0) is 24.9 Å². The SMILES string of the molecule is CCCOCC(CCSC)NN. The zero-order valence-electron chi connectivity index (χ0n) is 8.01. The van der Waals surface area contributed by atoms with Crippen LogP contribution in [0.2, 0.25) is 0 Å². The largest absolute Gasteiger partial charge is 0.380 e. The Bertz CT molecular complexity index is 93.1. The molecule has 0 aliphatic carbocycles. The maximum Gasteiger partial charge on any atom is 0.0633 e. The summed E-state index contributed by atoms with van der Waals surface area (Å²) in [6.45, 7) is 3.66. The fourth-order valence-electron chi connectivity index (χ4n) is 0.845. The van der Waals surface area contributed by atoms with Crippen LogP contribution in [0.5, 0.6) is 0 Å². The molecule has 0 rings (SSSR count). The highest BCUT2D eigenvalue weighted by molar-refractivity contribution is 7.98. The predicted octanol–water partition coefficient (Wildman–Crippen LogP) is 0.998. The van der Waals surface area contributed by atoms with Gasteiger partial charge in [-0.3, -0.25) is 11.3 Å². The quantitative estimate of drug-likeness (QED) is 0.342. The van der Waals surface area contributed by atoms with Crippen molar-refractivity contribution in [3.05, 3.63) is 0 Å². The van der Waals surface area contributed by atoms with Gasteiger partial charge in [0.05, 0.1) is 6.61 Å². The summed E-state index contributed by atoms with van der Waals surface area (Å²) >= 11 is 1.83. The number of nitrogens with one attached hydrogen (secondary N) is 1. The number of rotatable bonds is 8. The van der Waals surface area contributed by atoms with Gasteiger partial charge in [-0.15, -0.1) is 0 Å². The van der Waals surface area contributed by atoms with Gasteiger partial charge >= 0.3 is 0 Å². The molecule has 0 aromatic rings. The second kappa shape index (κ2) is 9.32. The van der Waals surface area contributed by atoms with Gasteiger partial charge in [0, 0.05) is 12.6 Å². The molecule has 3 N–H and O–H groups in total. The van der Waals surface area contributed by atoms with E-state index in [-0.39, 0.29) is 0 Å². The molecule has 0 aliphatic rings. The predicted molar refractivity (Wildman–Crippen MR) is 55.2 cm³/mol. The van der Waals surface area contributed by atoms with Crippen molar-refractivity contribution >= 4 is 11.8 Å². The van der Waals surface area contributed by atoms with Crippen LogP contribution in [0.15, 0.2) is 0 Å². The van der Waals surface area contributed by atoms with Crippen LogP contribution >= 0.6 is 11.8 Å². The summed E-state index contributed by atoms with van der Waals surface area (Å²) in [7, 11) is 0. The molecule has 0 spiro atoms. The minimum Gasteiger partial charge on any atom is -0.380 e. The Morgan fingerprint density at radius 2 is 2.33 bits per heavy atom. The number of thioether (sulfide) groups is 1. The standard InChI is InChI=1S/C8H20N2OS/c1-3-5-11-7-8(10-9)4-6-12-2/h8,10H,3-7,9H2,1-2H3. The lowest BCUT2D eigenvalue weighted by atomic mass is 10.2. The smallest absolute Gasteiger partial charge is 0.0633 e. The zero-order valence-corrected chi connectivity index (χ0v) is 8.82. The van der Waals surface area contributed by atoms with Gasteiger partial charge < -0.3 is 4.74 Å². The van der Waals surface area contributed by atoms with E-state index in [1.54, 1.807) is 0 Å². The molecule has 1 unspecified atom stereocenters. The fraction of sp³-hybridized carbons (Fsp3) is 1.00. The monoisotopic (exact) mass is 192 g/mol. The molecule has 0 amide bonds. The van der Waals surface area contributed by atoms with E-state index in [4.69, 9.17) is 10.6 Å². The summed E-state index contributed by atoms with van der Waals surface area (Å²) in [5.74, 6) is 6.49. The van der Waals surface area contributed by atoms with Crippen LogP contribution in [0.3, 0.4) is 0 Å². The van der Waals surface area contributed by atoms with Crippen molar-refractivity contribution in [3.63, 3.8) is 0 Å². The van der Waals surface area contributed by atoms with Crippen LogP contribution in [0, 0.1) is 0 Å². The Balaban J connectivity index is 3.26. The number of ether oxygens (including phenoxy) is 1. The lowest BCUT2D eigenvalue weighted by Gasteiger charge is -2.14. The van der Waals surface area contributed by atoms with E-state index >= 15 is 0 Å². The van der Waals surface area contributed by atoms with Gasteiger partial charge in [-0.25, -0.2) is 0 Å². The second-order valence-electron chi connectivity index (χ2n) is 2.72. The van der Waals surface area contributed by atoms with Crippen LogP contribution in [0.25, 0.3) is 0 Å². The molecule has 12 heavy (non-hydrogen) atoms. The Kier molecular flexibility index (Phi) is 9.50. The van der Waals surface area contributed by atoms with Gasteiger partial charge in [0.1, 0.15) is 0 Å². The average Bonchev–Trinajstić information content (AvgIpc) is 2.11. The lowest BCUT2D eigenvalue weighted by Crippen LogP contribution is -2.39. The first kappa shape index (κ1) is 12.2. The summed E-state index contributed by atoms with van der Waals surface area (Å²) < 4.78 is 5.38. The summed E-state index contributed by atoms with van der Waals surface area (Å²) in [6.07, 6.45) is 4.24. The van der Waals surface area contributed by atoms with Crippen molar-refractivity contribution in [1.29, 1.82) is 0 Å². The summed E-state index contributed by atoms with van der Waals surface area (Å²) in [5, 5.41) is 0. The molecule has 1 atom stereocenters. The van der Waals surface area contributed by atoms with Crippen LogP contribution < -0.4 is 11.3 Å². The molecule has 0 aliphatic heterocycles. The van der Waals surface area contributed by atoms with E-state index < -0.39 is 0 Å². The number of hydrazine groups is 1. The van der Waals surface area contributed by atoms with Crippen molar-refractivity contribution < 1.29 is 4.74 Å². The second-order valence-corrected chi connectivity index (χ2v) is 3.71. The summed E-state index contributed by atoms with van der Waals surface area (Å²) in [6, 6.07) is 0.309. The third kappa shape index (κ3) is 6.91. The maximum atomic E-state index is 5.38. The van der Waals surface area contributed by atoms with Crippen LogP contribution in [0.4, 0.5) is 0 Å². The molecule has 0 saturated heterocycles. The summed E-state index contributed by atoms with van der Waals surface area (Å²) in [4.78, 5) is 0. The molecule has 0 radical (unpaired) electrons. The Morgan fingerprint density at radius 1 is 1.58 bits per heavy atom. The Hall–Kier alpha value is 0.230. The topological polar surface area (TPSA) is 47.3 Å². The highest BCUT2D eigenvalue weighted by Crippen LogP contribution is 2.00. The first-order valence-electron chi connectivity index (χ1n) is 4.38. The fourth-order valence-corrected chi connectivity index (χ4v) is 1.37. The zero-order chi connectivity index (χ0) is 9.23. The molecule has 0 saturated carbocycles. The van der Waals surface area contributed by atoms with E-state index in [9.17, 15) is 0 Å². The van der Waals surface area contributed by atoms with Crippen molar-refractivity contribution in [2.45, 2.75) is 25.8 Å². The molecule has 3 nitrogen and oxygen atoms in total. The molecule has 4 heteroatoms. The lowest BCUT2D eigenvalue weighted by molar-refractivity contribution is 0.111. The van der Waals surface area contributed by atoms with Crippen molar-refractivity contribution in [2.75, 3.05) is 25.2 Å². The van der Waals surface area contributed by atoms with E-state index in [1.165, 1.54) is 0 Å². The average molecular weight is 192 g/mol. The van der Waals surface area contributed by atoms with E-state index in [2.05, 4.69) is 18.6 Å². The van der Waals surface area contributed by atoms with Crippen molar-refractivity contribution in [2.24, 2.45) is 5.84 Å². The first-order valence-corrected chi connectivity index (χ1v) is 5.77. The van der Waals surface area contributed by atoms with Gasteiger partial charge in [0.2, 0.25) is 0 Å². The number of hydrogen-bond donors (Lipinski definition) is 2. The van der Waals surface area contributed by atoms with E-state index in [1.807, 2.05) is 11.8 Å². The molecule has 74 valence electrons. The normalized spacial score (nSPS) is 13.2.